The molecular weight excluding hydrogens is 410 g/mol. The van der Waals surface area contributed by atoms with Crippen molar-refractivity contribution in [1.82, 2.24) is 20.6 Å². The molecule has 0 bridgehead atoms. The summed E-state index contributed by atoms with van der Waals surface area (Å²) in [6.07, 6.45) is 0.686. The van der Waals surface area contributed by atoms with Crippen LogP contribution in [0.2, 0.25) is 5.28 Å². The Morgan fingerprint density at radius 2 is 1.83 bits per heavy atom. The van der Waals surface area contributed by atoms with Gasteiger partial charge in [0.05, 0.1) is 5.39 Å². The van der Waals surface area contributed by atoms with Crippen LogP contribution in [-0.2, 0) is 11.3 Å². The summed E-state index contributed by atoms with van der Waals surface area (Å²) in [6.45, 7) is 5.10. The van der Waals surface area contributed by atoms with Crippen LogP contribution in [0.4, 0.5) is 5.82 Å². The number of aromatic nitrogens is 2. The third-order valence-electron chi connectivity index (χ3n) is 4.18. The molecule has 3 aromatic rings. The first-order valence-electron chi connectivity index (χ1n) is 9.21. The summed E-state index contributed by atoms with van der Waals surface area (Å²) in [4.78, 5) is 33.5. The van der Waals surface area contributed by atoms with Crippen LogP contribution in [0.1, 0.15) is 34.1 Å². The summed E-state index contributed by atoms with van der Waals surface area (Å²) in [5.41, 5.74) is 1.61. The van der Waals surface area contributed by atoms with Crippen molar-refractivity contribution in [3.8, 4) is 0 Å². The minimum atomic E-state index is -0.134. The van der Waals surface area contributed by atoms with Crippen LogP contribution >= 0.6 is 22.9 Å². The fourth-order valence-electron chi connectivity index (χ4n) is 2.77. The summed E-state index contributed by atoms with van der Waals surface area (Å²) in [7, 11) is 0. The zero-order chi connectivity index (χ0) is 20.8. The number of nitrogens with zero attached hydrogens (tertiary/aromatic N) is 2. The number of nitrogens with one attached hydrogen (secondary N) is 3. The molecule has 0 aliphatic carbocycles. The lowest BCUT2D eigenvalue weighted by Crippen LogP contribution is -2.28. The predicted octanol–water partition coefficient (Wildman–Crippen LogP) is 3.52. The number of halogens is 1. The van der Waals surface area contributed by atoms with Gasteiger partial charge in [-0.3, -0.25) is 9.59 Å². The number of amides is 2. The quantitative estimate of drug-likeness (QED) is 0.374. The van der Waals surface area contributed by atoms with E-state index in [0.29, 0.717) is 37.4 Å². The first kappa shape index (κ1) is 21.0. The molecule has 0 aliphatic heterocycles. The van der Waals surface area contributed by atoms with Crippen LogP contribution < -0.4 is 16.0 Å². The van der Waals surface area contributed by atoms with E-state index in [1.54, 1.807) is 23.5 Å². The minimum Gasteiger partial charge on any atom is -0.365 e. The van der Waals surface area contributed by atoms with E-state index < -0.39 is 0 Å². The lowest BCUT2D eigenvalue weighted by Gasteiger charge is -2.09. The maximum Gasteiger partial charge on any atom is 0.251 e. The Morgan fingerprint density at radius 3 is 2.55 bits per heavy atom. The summed E-state index contributed by atoms with van der Waals surface area (Å²) in [5.74, 6) is 0.496. The Morgan fingerprint density at radius 1 is 1.10 bits per heavy atom. The van der Waals surface area contributed by atoms with Gasteiger partial charge in [0.2, 0.25) is 11.2 Å². The van der Waals surface area contributed by atoms with Crippen LogP contribution in [-0.4, -0.2) is 34.9 Å². The van der Waals surface area contributed by atoms with E-state index >= 15 is 0 Å². The number of hydrogen-bond acceptors (Lipinski definition) is 6. The summed E-state index contributed by atoms with van der Waals surface area (Å²) in [5, 5.41) is 10.0. The van der Waals surface area contributed by atoms with Crippen LogP contribution in [0.25, 0.3) is 10.2 Å². The molecule has 29 heavy (non-hydrogen) atoms. The molecule has 0 spiro atoms. The Kier molecular flexibility index (Phi) is 7.00. The molecule has 0 saturated carbocycles. The summed E-state index contributed by atoms with van der Waals surface area (Å²) < 4.78 is 0. The van der Waals surface area contributed by atoms with Gasteiger partial charge in [0.15, 0.2) is 0 Å². The van der Waals surface area contributed by atoms with E-state index in [1.165, 1.54) is 6.92 Å². The van der Waals surface area contributed by atoms with Crippen molar-refractivity contribution in [2.75, 3.05) is 18.4 Å². The van der Waals surface area contributed by atoms with Crippen molar-refractivity contribution in [2.45, 2.75) is 26.8 Å². The van der Waals surface area contributed by atoms with Crippen molar-refractivity contribution >= 4 is 50.8 Å². The number of aryl methyl sites for hydroxylation is 1. The highest BCUT2D eigenvalue weighted by molar-refractivity contribution is 7.18. The molecule has 0 radical (unpaired) electrons. The van der Waals surface area contributed by atoms with Gasteiger partial charge in [-0.25, -0.2) is 9.97 Å². The molecular formula is C20H22ClN5O2S. The van der Waals surface area contributed by atoms with Crippen molar-refractivity contribution in [3.63, 3.8) is 0 Å². The van der Waals surface area contributed by atoms with Crippen molar-refractivity contribution < 1.29 is 9.59 Å². The molecule has 1 aromatic carbocycles. The number of rotatable bonds is 8. The maximum atomic E-state index is 12.2. The molecule has 2 heterocycles. The van der Waals surface area contributed by atoms with E-state index in [2.05, 4.69) is 25.9 Å². The highest BCUT2D eigenvalue weighted by Crippen LogP contribution is 2.29. The second-order valence-electron chi connectivity index (χ2n) is 6.56. The van der Waals surface area contributed by atoms with Gasteiger partial charge in [0.1, 0.15) is 10.6 Å². The van der Waals surface area contributed by atoms with Gasteiger partial charge in [0, 0.05) is 37.0 Å². The Labute approximate surface area is 177 Å². The normalized spacial score (nSPS) is 10.7. The van der Waals surface area contributed by atoms with E-state index in [0.717, 1.165) is 20.7 Å². The van der Waals surface area contributed by atoms with E-state index in [-0.39, 0.29) is 17.1 Å². The van der Waals surface area contributed by atoms with Gasteiger partial charge in [0.25, 0.3) is 5.91 Å². The minimum absolute atomic E-state index is 0.0698. The molecule has 3 N–H and O–H groups in total. The summed E-state index contributed by atoms with van der Waals surface area (Å²) in [6, 6.07) is 9.42. The summed E-state index contributed by atoms with van der Waals surface area (Å²) >= 11 is 7.60. The van der Waals surface area contributed by atoms with Gasteiger partial charge in [-0.05, 0) is 48.7 Å². The van der Waals surface area contributed by atoms with Crippen molar-refractivity contribution in [2.24, 2.45) is 0 Å². The average Bonchev–Trinajstić information content (AvgIpc) is 3.05. The van der Waals surface area contributed by atoms with Gasteiger partial charge in [-0.15, -0.1) is 11.3 Å². The fourth-order valence-corrected chi connectivity index (χ4v) is 3.87. The van der Waals surface area contributed by atoms with Crippen LogP contribution in [0, 0.1) is 6.92 Å². The molecule has 0 atom stereocenters. The molecule has 0 saturated heterocycles. The van der Waals surface area contributed by atoms with E-state index in [4.69, 9.17) is 11.6 Å². The zero-order valence-electron chi connectivity index (χ0n) is 16.2. The molecule has 9 heteroatoms. The fraction of sp³-hybridized carbons (Fsp3) is 0.300. The maximum absolute atomic E-state index is 12.2. The second kappa shape index (κ2) is 9.67. The first-order chi connectivity index (χ1) is 13.9. The number of thiophene rings is 1. The van der Waals surface area contributed by atoms with Crippen LogP contribution in [0.15, 0.2) is 30.3 Å². The Hall–Kier alpha value is -2.71. The highest BCUT2D eigenvalue weighted by atomic mass is 35.5. The first-order valence-corrected chi connectivity index (χ1v) is 10.4. The number of hydrogen-bond donors (Lipinski definition) is 3. The molecule has 2 aromatic heterocycles. The third kappa shape index (κ3) is 5.88. The van der Waals surface area contributed by atoms with E-state index in [1.807, 2.05) is 25.1 Å². The molecule has 0 aliphatic rings. The van der Waals surface area contributed by atoms with Crippen molar-refractivity contribution in [3.05, 3.63) is 51.6 Å². The Bertz CT molecular complexity index is 1020. The standard InChI is InChI=1S/C20H22ClN5O2S/c1-12-10-16-17(25-20(21)26-19(16)29-12)24-11-14-4-6-15(7-5-14)18(28)23-9-3-8-22-13(2)27/h4-7,10H,3,8-9,11H2,1-2H3,(H,22,27)(H,23,28)(H,24,25,26). The molecule has 3 rings (SSSR count). The topological polar surface area (TPSA) is 96.0 Å². The van der Waals surface area contributed by atoms with Crippen LogP contribution in [0.5, 0.6) is 0 Å². The number of carbonyl (C=O) groups is 2. The molecule has 7 nitrogen and oxygen atoms in total. The SMILES string of the molecule is CC(=O)NCCCNC(=O)c1ccc(CNc2nc(Cl)nc3sc(C)cc23)cc1. The third-order valence-corrected chi connectivity index (χ3v) is 5.29. The number of carbonyl (C=O) groups excluding carboxylic acids is 2. The number of fused-ring (bicyclic) bond motifs is 1. The van der Waals surface area contributed by atoms with Gasteiger partial charge in [-0.2, -0.15) is 0 Å². The van der Waals surface area contributed by atoms with Gasteiger partial charge < -0.3 is 16.0 Å². The lowest BCUT2D eigenvalue weighted by atomic mass is 10.1. The zero-order valence-corrected chi connectivity index (χ0v) is 17.8. The largest absolute Gasteiger partial charge is 0.365 e. The smallest absolute Gasteiger partial charge is 0.251 e. The molecule has 0 unspecified atom stereocenters. The molecule has 2 amide bonds. The van der Waals surface area contributed by atoms with Crippen LogP contribution in [0.3, 0.4) is 0 Å². The molecule has 0 fully saturated rings. The van der Waals surface area contributed by atoms with Gasteiger partial charge in [-0.1, -0.05) is 12.1 Å². The second-order valence-corrected chi connectivity index (χ2v) is 8.13. The van der Waals surface area contributed by atoms with E-state index in [9.17, 15) is 9.59 Å². The van der Waals surface area contributed by atoms with Gasteiger partial charge >= 0.3 is 0 Å². The predicted molar refractivity (Wildman–Crippen MR) is 117 cm³/mol. The lowest BCUT2D eigenvalue weighted by molar-refractivity contribution is -0.118. The highest BCUT2D eigenvalue weighted by Gasteiger charge is 2.10. The Balaban J connectivity index is 1.54. The number of anilines is 1. The monoisotopic (exact) mass is 431 g/mol. The average molecular weight is 432 g/mol. The molecule has 152 valence electrons. The number of benzene rings is 1. The van der Waals surface area contributed by atoms with Crippen molar-refractivity contribution in [1.29, 1.82) is 0 Å².